The van der Waals surface area contributed by atoms with Gasteiger partial charge >= 0.3 is 0 Å². The minimum atomic E-state index is -0.0554. The molecule has 0 unspecified atom stereocenters. The van der Waals surface area contributed by atoms with E-state index in [1.165, 1.54) is 4.90 Å². The van der Waals surface area contributed by atoms with Crippen molar-refractivity contribution in [3.8, 4) is 34.3 Å². The van der Waals surface area contributed by atoms with Gasteiger partial charge in [0.2, 0.25) is 5.89 Å². The van der Waals surface area contributed by atoms with E-state index in [1.54, 1.807) is 32.4 Å². The predicted octanol–water partition coefficient (Wildman–Crippen LogP) is 4.07. The molecule has 0 bridgehead atoms. The highest BCUT2D eigenvalue weighted by atomic mass is 16.4. The first-order chi connectivity index (χ1) is 15.0. The van der Waals surface area contributed by atoms with Crippen LogP contribution >= 0.6 is 0 Å². The molecule has 8 heteroatoms. The molecule has 0 aliphatic rings. The summed E-state index contributed by atoms with van der Waals surface area (Å²) in [5.41, 5.74) is 10.8. The van der Waals surface area contributed by atoms with Gasteiger partial charge in [-0.15, -0.1) is 10.2 Å². The summed E-state index contributed by atoms with van der Waals surface area (Å²) >= 11 is 0. The summed E-state index contributed by atoms with van der Waals surface area (Å²) in [5, 5.41) is 8.32. The predicted molar refractivity (Wildman–Crippen MR) is 123 cm³/mol. The van der Waals surface area contributed by atoms with Crippen molar-refractivity contribution in [2.75, 3.05) is 14.1 Å². The van der Waals surface area contributed by atoms with E-state index in [4.69, 9.17) is 10.2 Å². The lowest BCUT2D eigenvalue weighted by Gasteiger charge is -2.10. The molecule has 2 aromatic carbocycles. The summed E-state index contributed by atoms with van der Waals surface area (Å²) in [6.45, 7) is 2.31. The van der Waals surface area contributed by atoms with Crippen LogP contribution in [0.15, 0.2) is 59.1 Å². The quantitative estimate of drug-likeness (QED) is 0.518. The lowest BCUT2D eigenvalue weighted by molar-refractivity contribution is 0.0827. The summed E-state index contributed by atoms with van der Waals surface area (Å²) in [4.78, 5) is 22.8. The van der Waals surface area contributed by atoms with Crippen LogP contribution in [-0.2, 0) is 6.54 Å². The Morgan fingerprint density at radius 2 is 1.65 bits per heavy atom. The molecule has 0 atom stereocenters. The molecule has 4 rings (SSSR count). The Morgan fingerprint density at radius 1 is 1.00 bits per heavy atom. The molecule has 2 heterocycles. The molecule has 0 aliphatic heterocycles. The highest BCUT2D eigenvalue weighted by molar-refractivity contribution is 5.94. The number of aryl methyl sites for hydroxylation is 1. The first-order valence-electron chi connectivity index (χ1n) is 9.75. The smallest absolute Gasteiger partial charge is 0.268 e. The van der Waals surface area contributed by atoms with Crippen LogP contribution in [0.5, 0.6) is 0 Å². The molecule has 162 valence electrons. The van der Waals surface area contributed by atoms with Crippen LogP contribution in [-0.4, -0.2) is 45.1 Å². The molecule has 0 aliphatic carbocycles. The summed E-state index contributed by atoms with van der Waals surface area (Å²) in [6, 6.07) is 14.9. The normalized spacial score (nSPS) is 10.8. The zero-order valence-electron chi connectivity index (χ0n) is 17.5. The van der Waals surface area contributed by atoms with Crippen molar-refractivity contribution in [1.29, 1.82) is 0 Å². The minimum absolute atomic E-state index is 0. The summed E-state index contributed by atoms with van der Waals surface area (Å²) in [7, 11) is 3.44. The number of nitrogens with zero attached hydrogens (tertiary/aromatic N) is 5. The van der Waals surface area contributed by atoms with Crippen molar-refractivity contribution in [2.24, 2.45) is 5.73 Å². The molecule has 1 amide bonds. The van der Waals surface area contributed by atoms with Gasteiger partial charge in [-0.1, -0.05) is 24.3 Å². The maximum atomic E-state index is 12.1. The van der Waals surface area contributed by atoms with Crippen molar-refractivity contribution in [3.05, 3.63) is 71.5 Å². The van der Waals surface area contributed by atoms with Crippen LogP contribution in [0.25, 0.3) is 34.3 Å². The average molecular weight is 421 g/mol. The van der Waals surface area contributed by atoms with E-state index < -0.39 is 0 Å². The average Bonchev–Trinajstić information content (AvgIpc) is 3.29. The van der Waals surface area contributed by atoms with Crippen molar-refractivity contribution in [1.82, 2.24) is 25.1 Å². The van der Waals surface area contributed by atoms with Crippen molar-refractivity contribution in [2.45, 2.75) is 13.5 Å². The van der Waals surface area contributed by atoms with Crippen LogP contribution in [0.2, 0.25) is 0 Å². The molecule has 0 radical (unpaired) electrons. The Hall–Kier alpha value is -3.91. The van der Waals surface area contributed by atoms with Gasteiger partial charge in [-0.05, 0) is 36.8 Å². The maximum absolute atomic E-state index is 12.1. The Balaban J connectivity index is 0.00000193. The number of amides is 1. The molecule has 2 aromatic heterocycles. The van der Waals surface area contributed by atoms with Gasteiger partial charge in [0.25, 0.3) is 11.8 Å². The van der Waals surface area contributed by atoms with Crippen LogP contribution in [0.1, 0.15) is 25.9 Å². The molecule has 0 spiro atoms. The largest absolute Gasteiger partial charge is 0.415 e. The van der Waals surface area contributed by atoms with E-state index in [1.807, 2.05) is 43.3 Å². The second kappa shape index (κ2) is 8.45. The van der Waals surface area contributed by atoms with E-state index in [9.17, 15) is 4.79 Å². The van der Waals surface area contributed by atoms with Gasteiger partial charge in [0.05, 0.1) is 17.6 Å². The van der Waals surface area contributed by atoms with Gasteiger partial charge in [0, 0.05) is 41.6 Å². The first kappa shape index (κ1) is 20.4. The number of hydrogen-bond acceptors (Lipinski definition) is 7. The van der Waals surface area contributed by atoms with Gasteiger partial charge < -0.3 is 15.1 Å². The van der Waals surface area contributed by atoms with Crippen LogP contribution in [0.3, 0.4) is 0 Å². The number of aromatic nitrogens is 4. The van der Waals surface area contributed by atoms with E-state index in [2.05, 4.69) is 20.2 Å². The number of benzene rings is 2. The fourth-order valence-electron chi connectivity index (χ4n) is 3.05. The molecule has 8 nitrogen and oxygen atoms in total. The monoisotopic (exact) mass is 420 g/mol. The Kier molecular flexibility index (Phi) is 5.55. The minimum Gasteiger partial charge on any atom is -0.415 e. The third kappa shape index (κ3) is 4.19. The van der Waals surface area contributed by atoms with Crippen molar-refractivity contribution >= 4 is 5.91 Å². The molecular formula is C23H28N6O2. The first-order valence-corrected chi connectivity index (χ1v) is 9.75. The van der Waals surface area contributed by atoms with Crippen LogP contribution < -0.4 is 5.73 Å². The molecule has 31 heavy (non-hydrogen) atoms. The number of nitrogens with two attached hydrogens (primary N) is 1. The summed E-state index contributed by atoms with van der Waals surface area (Å²) in [6.07, 6.45) is 1.68. The molecule has 4 aromatic rings. The summed E-state index contributed by atoms with van der Waals surface area (Å²) in [5.74, 6) is 0.640. The molecule has 0 saturated carbocycles. The standard InChI is InChI=1S/C23H22N6O2.3H2/c1-14-20(22-28-27-21(31-22)17-6-4-15(12-24)5-7-17)26-19(13-25-14)16-8-10-18(11-9-16)23(30)29(2)3;;;/h4-11,13H,12,24H2,1-3H3;3*1H. The van der Waals surface area contributed by atoms with Crippen LogP contribution in [0, 0.1) is 6.92 Å². The fraction of sp³-hybridized carbons (Fsp3) is 0.174. The molecule has 0 saturated heterocycles. The van der Waals surface area contributed by atoms with Crippen LogP contribution in [0.4, 0.5) is 0 Å². The SMILES string of the molecule is Cc1ncc(-c2ccc(C(=O)N(C)C)cc2)nc1-c1nnc(-c2ccc(CN)cc2)o1.[HH].[HH].[HH]. The van der Waals surface area contributed by atoms with Crippen molar-refractivity contribution in [3.63, 3.8) is 0 Å². The number of carbonyl (C=O) groups excluding carboxylic acids is 1. The molecule has 0 fully saturated rings. The molecular weight excluding hydrogens is 392 g/mol. The lowest BCUT2D eigenvalue weighted by atomic mass is 10.1. The van der Waals surface area contributed by atoms with E-state index in [-0.39, 0.29) is 10.2 Å². The zero-order chi connectivity index (χ0) is 22.0. The third-order valence-electron chi connectivity index (χ3n) is 4.85. The second-order valence-electron chi connectivity index (χ2n) is 7.28. The van der Waals surface area contributed by atoms with E-state index in [0.29, 0.717) is 41.0 Å². The van der Waals surface area contributed by atoms with E-state index >= 15 is 0 Å². The maximum Gasteiger partial charge on any atom is 0.268 e. The van der Waals surface area contributed by atoms with Gasteiger partial charge in [-0.25, -0.2) is 4.98 Å². The van der Waals surface area contributed by atoms with Gasteiger partial charge in [-0.2, -0.15) is 0 Å². The topological polar surface area (TPSA) is 111 Å². The Labute approximate surface area is 184 Å². The highest BCUT2D eigenvalue weighted by Crippen LogP contribution is 2.27. The Morgan fingerprint density at radius 3 is 2.29 bits per heavy atom. The van der Waals surface area contributed by atoms with Gasteiger partial charge in [0.1, 0.15) is 5.69 Å². The third-order valence-corrected chi connectivity index (χ3v) is 4.85. The lowest BCUT2D eigenvalue weighted by Crippen LogP contribution is -2.21. The fourth-order valence-corrected chi connectivity index (χ4v) is 3.05. The number of rotatable bonds is 5. The highest BCUT2D eigenvalue weighted by Gasteiger charge is 2.16. The second-order valence-corrected chi connectivity index (χ2v) is 7.28. The van der Waals surface area contributed by atoms with E-state index in [0.717, 1.165) is 16.7 Å². The Bertz CT molecular complexity index is 1230. The number of carbonyl (C=O) groups is 1. The number of hydrogen-bond donors (Lipinski definition) is 1. The van der Waals surface area contributed by atoms with Crippen molar-refractivity contribution < 1.29 is 13.5 Å². The van der Waals surface area contributed by atoms with Gasteiger partial charge in [-0.3, -0.25) is 9.78 Å². The zero-order valence-corrected chi connectivity index (χ0v) is 17.5. The van der Waals surface area contributed by atoms with Gasteiger partial charge in [0.15, 0.2) is 0 Å². The molecule has 2 N–H and O–H groups in total. The summed E-state index contributed by atoms with van der Waals surface area (Å²) < 4.78 is 5.87.